The van der Waals surface area contributed by atoms with E-state index in [9.17, 15) is 9.18 Å². The van der Waals surface area contributed by atoms with E-state index in [1.165, 1.54) is 18.5 Å². The number of aromatic nitrogens is 2. The highest BCUT2D eigenvalue weighted by molar-refractivity contribution is 6.03. The van der Waals surface area contributed by atoms with Gasteiger partial charge in [-0.25, -0.2) is 14.4 Å². The Kier molecular flexibility index (Phi) is 5.76. The van der Waals surface area contributed by atoms with Crippen LogP contribution in [0.5, 0.6) is 0 Å². The minimum atomic E-state index is -0.296. The first kappa shape index (κ1) is 18.5. The number of carbonyl (C=O) groups excluding carboxylic acids is 1. The standard InChI is InChI=1S/C21H21FN4O/c1-14(2)17-5-3-4-6-18(17)26-21(27)19-11-20(25-13-24-19)23-12-15-7-9-16(22)10-8-15/h3-11,13-14H,12H2,1-2H3,(H,26,27)(H,23,24,25). The molecule has 0 atom stereocenters. The van der Waals surface area contributed by atoms with E-state index in [0.29, 0.717) is 18.3 Å². The molecule has 0 aliphatic heterocycles. The second kappa shape index (κ2) is 8.40. The third kappa shape index (κ3) is 4.88. The van der Waals surface area contributed by atoms with Crippen LogP contribution in [0.1, 0.15) is 41.4 Å². The summed E-state index contributed by atoms with van der Waals surface area (Å²) in [6.07, 6.45) is 1.34. The van der Waals surface area contributed by atoms with Gasteiger partial charge in [0.15, 0.2) is 0 Å². The molecule has 6 heteroatoms. The average Bonchev–Trinajstić information content (AvgIpc) is 2.68. The first-order chi connectivity index (χ1) is 13.0. The number of nitrogens with zero attached hydrogens (tertiary/aromatic N) is 2. The minimum Gasteiger partial charge on any atom is -0.366 e. The van der Waals surface area contributed by atoms with Crippen molar-refractivity contribution in [1.82, 2.24) is 9.97 Å². The van der Waals surface area contributed by atoms with Gasteiger partial charge in [-0.15, -0.1) is 0 Å². The van der Waals surface area contributed by atoms with Crippen molar-refractivity contribution < 1.29 is 9.18 Å². The summed E-state index contributed by atoms with van der Waals surface area (Å²) < 4.78 is 13.0. The maximum atomic E-state index is 13.0. The first-order valence-corrected chi connectivity index (χ1v) is 8.73. The van der Waals surface area contributed by atoms with Crippen molar-refractivity contribution in [3.05, 3.63) is 83.6 Å². The third-order valence-electron chi connectivity index (χ3n) is 4.12. The van der Waals surface area contributed by atoms with Crippen molar-refractivity contribution in [1.29, 1.82) is 0 Å². The van der Waals surface area contributed by atoms with E-state index in [1.807, 2.05) is 24.3 Å². The van der Waals surface area contributed by atoms with Crippen LogP contribution in [0.3, 0.4) is 0 Å². The largest absolute Gasteiger partial charge is 0.366 e. The molecule has 3 rings (SSSR count). The number of hydrogen-bond acceptors (Lipinski definition) is 4. The zero-order valence-corrected chi connectivity index (χ0v) is 15.2. The molecule has 0 fully saturated rings. The molecule has 2 aromatic carbocycles. The van der Waals surface area contributed by atoms with Crippen LogP contribution >= 0.6 is 0 Å². The Labute approximate surface area is 157 Å². The van der Waals surface area contributed by atoms with Gasteiger partial charge in [0.1, 0.15) is 23.7 Å². The van der Waals surface area contributed by atoms with Crippen LogP contribution in [0.15, 0.2) is 60.9 Å². The Hall–Kier alpha value is -3.28. The van der Waals surface area contributed by atoms with E-state index in [0.717, 1.165) is 16.8 Å². The topological polar surface area (TPSA) is 66.9 Å². The Bertz CT molecular complexity index is 925. The molecule has 5 nitrogen and oxygen atoms in total. The van der Waals surface area contributed by atoms with Crippen molar-refractivity contribution in [2.45, 2.75) is 26.3 Å². The molecule has 3 aromatic rings. The summed E-state index contributed by atoms with van der Waals surface area (Å²) in [5, 5.41) is 6.03. The fraction of sp³-hybridized carbons (Fsp3) is 0.190. The average molecular weight is 364 g/mol. The highest BCUT2D eigenvalue weighted by atomic mass is 19.1. The molecule has 0 unspecified atom stereocenters. The van der Waals surface area contributed by atoms with Crippen molar-refractivity contribution >= 4 is 17.4 Å². The van der Waals surface area contributed by atoms with Gasteiger partial charge in [0.2, 0.25) is 0 Å². The molecule has 0 aliphatic rings. The van der Waals surface area contributed by atoms with Gasteiger partial charge in [-0.1, -0.05) is 44.2 Å². The number of hydrogen-bond donors (Lipinski definition) is 2. The summed E-state index contributed by atoms with van der Waals surface area (Å²) in [6.45, 7) is 4.62. The summed E-state index contributed by atoms with van der Waals surface area (Å²) in [4.78, 5) is 20.8. The third-order valence-corrected chi connectivity index (χ3v) is 4.12. The second-order valence-corrected chi connectivity index (χ2v) is 6.46. The first-order valence-electron chi connectivity index (χ1n) is 8.73. The van der Waals surface area contributed by atoms with Crippen LogP contribution in [0.4, 0.5) is 15.9 Å². The molecular formula is C21H21FN4O. The summed E-state index contributed by atoms with van der Waals surface area (Å²) >= 11 is 0. The molecular weight excluding hydrogens is 343 g/mol. The fourth-order valence-electron chi connectivity index (χ4n) is 2.67. The Balaban J connectivity index is 1.69. The van der Waals surface area contributed by atoms with Gasteiger partial charge in [-0.2, -0.15) is 0 Å². The fourth-order valence-corrected chi connectivity index (χ4v) is 2.67. The SMILES string of the molecule is CC(C)c1ccccc1NC(=O)c1cc(NCc2ccc(F)cc2)ncn1. The number of amides is 1. The summed E-state index contributed by atoms with van der Waals surface area (Å²) in [5.74, 6) is 0.244. The maximum absolute atomic E-state index is 13.0. The highest BCUT2D eigenvalue weighted by Gasteiger charge is 2.12. The molecule has 1 amide bonds. The number of carbonyl (C=O) groups is 1. The zero-order chi connectivity index (χ0) is 19.2. The normalized spacial score (nSPS) is 10.7. The molecule has 0 spiro atoms. The van der Waals surface area contributed by atoms with Crippen LogP contribution in [-0.4, -0.2) is 15.9 Å². The molecule has 0 bridgehead atoms. The van der Waals surface area contributed by atoms with Crippen molar-refractivity contribution in [3.63, 3.8) is 0 Å². The van der Waals surface area contributed by atoms with Crippen LogP contribution in [-0.2, 0) is 6.54 Å². The number of para-hydroxylation sites is 1. The molecule has 0 radical (unpaired) electrons. The van der Waals surface area contributed by atoms with Crippen LogP contribution in [0.25, 0.3) is 0 Å². The van der Waals surface area contributed by atoms with E-state index < -0.39 is 0 Å². The lowest BCUT2D eigenvalue weighted by atomic mass is 10.0. The lowest BCUT2D eigenvalue weighted by molar-refractivity contribution is 0.102. The van der Waals surface area contributed by atoms with Gasteiger partial charge < -0.3 is 10.6 Å². The van der Waals surface area contributed by atoms with Gasteiger partial charge >= 0.3 is 0 Å². The summed E-state index contributed by atoms with van der Waals surface area (Å²) in [6, 6.07) is 15.5. The Morgan fingerprint density at radius 2 is 1.81 bits per heavy atom. The summed E-state index contributed by atoms with van der Waals surface area (Å²) in [7, 11) is 0. The van der Waals surface area contributed by atoms with Gasteiger partial charge in [-0.05, 0) is 35.2 Å². The molecule has 0 saturated carbocycles. The predicted molar refractivity (Wildman–Crippen MR) is 104 cm³/mol. The van der Waals surface area contributed by atoms with Crippen molar-refractivity contribution in [3.8, 4) is 0 Å². The molecule has 0 saturated heterocycles. The zero-order valence-electron chi connectivity index (χ0n) is 15.2. The van der Waals surface area contributed by atoms with Crippen LogP contribution < -0.4 is 10.6 Å². The number of halogens is 1. The molecule has 2 N–H and O–H groups in total. The quantitative estimate of drug-likeness (QED) is 0.671. The number of benzene rings is 2. The summed E-state index contributed by atoms with van der Waals surface area (Å²) in [5.41, 5.74) is 3.02. The Morgan fingerprint density at radius 3 is 2.56 bits per heavy atom. The minimum absolute atomic E-state index is 0.269. The molecule has 1 aromatic heterocycles. The number of anilines is 2. The molecule has 0 aliphatic carbocycles. The number of rotatable bonds is 6. The van der Waals surface area contributed by atoms with Crippen molar-refractivity contribution in [2.75, 3.05) is 10.6 Å². The highest BCUT2D eigenvalue weighted by Crippen LogP contribution is 2.24. The Morgan fingerprint density at radius 1 is 1.07 bits per heavy atom. The molecule has 1 heterocycles. The molecule has 138 valence electrons. The van der Waals surface area contributed by atoms with Gasteiger partial charge in [-0.3, -0.25) is 4.79 Å². The van der Waals surface area contributed by atoms with Crippen LogP contribution in [0, 0.1) is 5.82 Å². The van der Waals surface area contributed by atoms with E-state index >= 15 is 0 Å². The maximum Gasteiger partial charge on any atom is 0.274 e. The van der Waals surface area contributed by atoms with E-state index in [-0.39, 0.29) is 17.4 Å². The lowest BCUT2D eigenvalue weighted by Crippen LogP contribution is -2.16. The number of nitrogens with one attached hydrogen (secondary N) is 2. The van der Waals surface area contributed by atoms with Crippen LogP contribution in [0.2, 0.25) is 0 Å². The van der Waals surface area contributed by atoms with E-state index in [2.05, 4.69) is 34.4 Å². The van der Waals surface area contributed by atoms with Gasteiger partial charge in [0.05, 0.1) is 0 Å². The molecule has 27 heavy (non-hydrogen) atoms. The van der Waals surface area contributed by atoms with E-state index in [4.69, 9.17) is 0 Å². The smallest absolute Gasteiger partial charge is 0.274 e. The monoisotopic (exact) mass is 364 g/mol. The van der Waals surface area contributed by atoms with E-state index in [1.54, 1.807) is 18.2 Å². The van der Waals surface area contributed by atoms with Gasteiger partial charge in [0, 0.05) is 18.3 Å². The predicted octanol–water partition coefficient (Wildman–Crippen LogP) is 4.60. The second-order valence-electron chi connectivity index (χ2n) is 6.46. The van der Waals surface area contributed by atoms with Gasteiger partial charge in [0.25, 0.3) is 5.91 Å². The van der Waals surface area contributed by atoms with Crippen molar-refractivity contribution in [2.24, 2.45) is 0 Å². The lowest BCUT2D eigenvalue weighted by Gasteiger charge is -2.13.